The molecule has 3 heterocycles. The maximum atomic E-state index is 12.2. The molecule has 0 atom stereocenters. The van der Waals surface area contributed by atoms with E-state index in [0.29, 0.717) is 34.2 Å². The highest BCUT2D eigenvalue weighted by Crippen LogP contribution is 2.20. The van der Waals surface area contributed by atoms with E-state index >= 15 is 0 Å². The summed E-state index contributed by atoms with van der Waals surface area (Å²) < 4.78 is 10.3. The minimum atomic E-state index is -0.257. The summed E-state index contributed by atoms with van der Waals surface area (Å²) in [5, 5.41) is 6.57. The van der Waals surface area contributed by atoms with Crippen molar-refractivity contribution < 1.29 is 13.7 Å². The third-order valence-corrected chi connectivity index (χ3v) is 3.21. The average Bonchev–Trinajstić information content (AvgIpc) is 3.15. The fraction of sp³-hybridized carbons (Fsp3) is 0.200. The lowest BCUT2D eigenvalue weighted by molar-refractivity contribution is 0.0948. The molecule has 0 aromatic carbocycles. The van der Waals surface area contributed by atoms with E-state index in [4.69, 9.17) is 8.94 Å². The molecule has 22 heavy (non-hydrogen) atoms. The SMILES string of the molecule is Cc1noc(C)c1C(=O)NCc1nccnc1-c1ccco1. The predicted molar refractivity (Wildman–Crippen MR) is 76.9 cm³/mol. The monoisotopic (exact) mass is 298 g/mol. The first-order valence-electron chi connectivity index (χ1n) is 6.71. The van der Waals surface area contributed by atoms with Crippen LogP contribution in [0.2, 0.25) is 0 Å². The summed E-state index contributed by atoms with van der Waals surface area (Å²) >= 11 is 0. The van der Waals surface area contributed by atoms with E-state index in [2.05, 4.69) is 20.4 Å². The molecule has 112 valence electrons. The Morgan fingerprint density at radius 3 is 2.77 bits per heavy atom. The summed E-state index contributed by atoms with van der Waals surface area (Å²) in [6.07, 6.45) is 4.72. The lowest BCUT2D eigenvalue weighted by Gasteiger charge is -2.07. The summed E-state index contributed by atoms with van der Waals surface area (Å²) in [7, 11) is 0. The molecule has 0 aliphatic heterocycles. The van der Waals surface area contributed by atoms with E-state index < -0.39 is 0 Å². The quantitative estimate of drug-likeness (QED) is 0.794. The van der Waals surface area contributed by atoms with Crippen LogP contribution in [0, 0.1) is 13.8 Å². The maximum Gasteiger partial charge on any atom is 0.257 e. The standard InChI is InChI=1S/C15H14N4O3/c1-9-13(10(2)22-19-9)15(20)18-8-11-14(17-6-5-16-11)12-4-3-7-21-12/h3-7H,8H2,1-2H3,(H,18,20). The van der Waals surface area contributed by atoms with Gasteiger partial charge >= 0.3 is 0 Å². The molecule has 7 nitrogen and oxygen atoms in total. The molecule has 0 spiro atoms. The van der Waals surface area contributed by atoms with Crippen LogP contribution in [-0.4, -0.2) is 21.0 Å². The Labute approximate surface area is 126 Å². The number of carbonyl (C=O) groups is 1. The summed E-state index contributed by atoms with van der Waals surface area (Å²) in [6.45, 7) is 3.65. The average molecular weight is 298 g/mol. The molecular weight excluding hydrogens is 284 g/mol. The Morgan fingerprint density at radius 1 is 1.27 bits per heavy atom. The van der Waals surface area contributed by atoms with Gasteiger partial charge in [-0.25, -0.2) is 4.98 Å². The first kappa shape index (κ1) is 14.0. The molecule has 3 rings (SSSR count). The second kappa shape index (κ2) is 5.80. The Morgan fingerprint density at radius 2 is 2.09 bits per heavy atom. The van der Waals surface area contributed by atoms with Crippen molar-refractivity contribution in [2.24, 2.45) is 0 Å². The van der Waals surface area contributed by atoms with Gasteiger partial charge in [-0.15, -0.1) is 0 Å². The van der Waals surface area contributed by atoms with Crippen LogP contribution in [-0.2, 0) is 6.54 Å². The summed E-state index contributed by atoms with van der Waals surface area (Å²) in [4.78, 5) is 20.8. The van der Waals surface area contributed by atoms with Crippen molar-refractivity contribution in [3.05, 3.63) is 53.5 Å². The van der Waals surface area contributed by atoms with Gasteiger partial charge in [-0.1, -0.05) is 5.16 Å². The second-order valence-electron chi connectivity index (χ2n) is 4.71. The number of carbonyl (C=O) groups excluding carboxylic acids is 1. The van der Waals surface area contributed by atoms with Crippen molar-refractivity contribution >= 4 is 5.91 Å². The Bertz CT molecular complexity index is 773. The van der Waals surface area contributed by atoms with Gasteiger partial charge in [-0.3, -0.25) is 9.78 Å². The third kappa shape index (κ3) is 2.60. The van der Waals surface area contributed by atoms with E-state index in [1.165, 1.54) is 0 Å². The largest absolute Gasteiger partial charge is 0.463 e. The van der Waals surface area contributed by atoms with Gasteiger partial charge < -0.3 is 14.3 Å². The van der Waals surface area contributed by atoms with Gasteiger partial charge in [0.2, 0.25) is 0 Å². The van der Waals surface area contributed by atoms with Crippen molar-refractivity contribution in [2.45, 2.75) is 20.4 Å². The topological polar surface area (TPSA) is 94.1 Å². The van der Waals surface area contributed by atoms with Crippen LogP contribution in [0.25, 0.3) is 11.5 Å². The number of aromatic nitrogens is 3. The molecule has 0 saturated heterocycles. The number of nitrogens with zero attached hydrogens (tertiary/aromatic N) is 3. The zero-order valence-corrected chi connectivity index (χ0v) is 12.2. The van der Waals surface area contributed by atoms with Gasteiger partial charge in [0, 0.05) is 12.4 Å². The second-order valence-corrected chi connectivity index (χ2v) is 4.71. The summed E-state index contributed by atoms with van der Waals surface area (Å²) in [5.41, 5.74) is 2.23. The van der Waals surface area contributed by atoms with E-state index in [-0.39, 0.29) is 12.5 Å². The maximum absolute atomic E-state index is 12.2. The molecule has 1 N–H and O–H groups in total. The lowest BCUT2D eigenvalue weighted by atomic mass is 10.2. The van der Waals surface area contributed by atoms with E-state index in [0.717, 1.165) is 0 Å². The van der Waals surface area contributed by atoms with Crippen LogP contribution in [0.1, 0.15) is 27.5 Å². The van der Waals surface area contributed by atoms with E-state index in [1.54, 1.807) is 44.6 Å². The molecule has 0 aliphatic carbocycles. The molecule has 0 bridgehead atoms. The van der Waals surface area contributed by atoms with Crippen molar-refractivity contribution in [2.75, 3.05) is 0 Å². The number of nitrogens with one attached hydrogen (secondary N) is 1. The molecule has 0 aliphatic rings. The summed E-state index contributed by atoms with van der Waals surface area (Å²) in [5.74, 6) is 0.836. The molecule has 0 radical (unpaired) electrons. The lowest BCUT2D eigenvalue weighted by Crippen LogP contribution is -2.24. The molecule has 7 heteroatoms. The Hall–Kier alpha value is -2.96. The van der Waals surface area contributed by atoms with Crippen LogP contribution in [0.15, 0.2) is 39.7 Å². The normalized spacial score (nSPS) is 10.6. The van der Waals surface area contributed by atoms with Crippen molar-refractivity contribution in [3.8, 4) is 11.5 Å². The van der Waals surface area contributed by atoms with Gasteiger partial charge in [0.15, 0.2) is 5.76 Å². The molecule has 0 saturated carbocycles. The highest BCUT2D eigenvalue weighted by molar-refractivity contribution is 5.96. The highest BCUT2D eigenvalue weighted by Gasteiger charge is 2.18. The molecule has 3 aromatic rings. The number of hydrogen-bond acceptors (Lipinski definition) is 6. The van der Waals surface area contributed by atoms with Crippen LogP contribution >= 0.6 is 0 Å². The number of furan rings is 1. The molecular formula is C15H14N4O3. The minimum absolute atomic E-state index is 0.229. The van der Waals surface area contributed by atoms with E-state index in [9.17, 15) is 4.79 Å². The Balaban J connectivity index is 1.79. The zero-order chi connectivity index (χ0) is 15.5. The van der Waals surface area contributed by atoms with Crippen LogP contribution in [0.5, 0.6) is 0 Å². The highest BCUT2D eigenvalue weighted by atomic mass is 16.5. The first-order valence-corrected chi connectivity index (χ1v) is 6.71. The number of aryl methyl sites for hydroxylation is 2. The molecule has 1 amide bonds. The number of amides is 1. The van der Waals surface area contributed by atoms with Crippen LogP contribution in [0.3, 0.4) is 0 Å². The smallest absolute Gasteiger partial charge is 0.257 e. The minimum Gasteiger partial charge on any atom is -0.463 e. The molecule has 3 aromatic heterocycles. The zero-order valence-electron chi connectivity index (χ0n) is 12.2. The van der Waals surface area contributed by atoms with Crippen molar-refractivity contribution in [1.82, 2.24) is 20.4 Å². The van der Waals surface area contributed by atoms with Gasteiger partial charge in [-0.2, -0.15) is 0 Å². The predicted octanol–water partition coefficient (Wildman–Crippen LogP) is 2.27. The van der Waals surface area contributed by atoms with Crippen LogP contribution < -0.4 is 5.32 Å². The molecule has 0 fully saturated rings. The van der Waals surface area contributed by atoms with Gasteiger partial charge in [0.25, 0.3) is 5.91 Å². The fourth-order valence-electron chi connectivity index (χ4n) is 2.17. The number of hydrogen-bond donors (Lipinski definition) is 1. The van der Waals surface area contributed by atoms with Crippen LogP contribution in [0.4, 0.5) is 0 Å². The molecule has 0 unspecified atom stereocenters. The van der Waals surface area contributed by atoms with Gasteiger partial charge in [0.05, 0.1) is 24.2 Å². The third-order valence-electron chi connectivity index (χ3n) is 3.21. The number of rotatable bonds is 4. The first-order chi connectivity index (χ1) is 10.7. The Kier molecular flexibility index (Phi) is 3.69. The van der Waals surface area contributed by atoms with Crippen molar-refractivity contribution in [3.63, 3.8) is 0 Å². The van der Waals surface area contributed by atoms with Crippen molar-refractivity contribution in [1.29, 1.82) is 0 Å². The fourth-order valence-corrected chi connectivity index (χ4v) is 2.17. The van der Waals surface area contributed by atoms with Gasteiger partial charge in [0.1, 0.15) is 17.0 Å². The van der Waals surface area contributed by atoms with Gasteiger partial charge in [-0.05, 0) is 26.0 Å². The van der Waals surface area contributed by atoms with E-state index in [1.807, 2.05) is 0 Å². The summed E-state index contributed by atoms with van der Waals surface area (Å²) in [6, 6.07) is 3.57.